The number of nitrogens with zero attached hydrogens (tertiary/aromatic N) is 1. The first-order valence-electron chi connectivity index (χ1n) is 5.09. The lowest BCUT2D eigenvalue weighted by Gasteiger charge is -1.97. The number of aryl methyl sites for hydroxylation is 1. The highest BCUT2D eigenvalue weighted by Gasteiger charge is 2.12. The molecule has 88 valence electrons. The van der Waals surface area contributed by atoms with Crippen molar-refractivity contribution in [2.24, 2.45) is 0 Å². The minimum Gasteiger partial charge on any atom is -0.481 e. The molecular weight excluding hydrogens is 240 g/mol. The van der Waals surface area contributed by atoms with E-state index in [1.807, 2.05) is 31.2 Å². The van der Waals surface area contributed by atoms with E-state index in [1.54, 1.807) is 0 Å². The van der Waals surface area contributed by atoms with Gasteiger partial charge in [-0.1, -0.05) is 41.4 Å². The molecule has 1 heterocycles. The first kappa shape index (κ1) is 11.7. The summed E-state index contributed by atoms with van der Waals surface area (Å²) in [5.41, 5.74) is 2.46. The highest BCUT2D eigenvalue weighted by molar-refractivity contribution is 6.30. The molecule has 5 heteroatoms. The second kappa shape index (κ2) is 4.59. The van der Waals surface area contributed by atoms with Crippen LogP contribution in [0.2, 0.25) is 5.15 Å². The van der Waals surface area contributed by atoms with Crippen LogP contribution < -0.4 is 0 Å². The van der Waals surface area contributed by atoms with E-state index in [0.717, 1.165) is 11.1 Å². The van der Waals surface area contributed by atoms with Crippen LogP contribution in [0.1, 0.15) is 11.3 Å². The number of carbonyl (C=O) groups is 1. The lowest BCUT2D eigenvalue weighted by molar-refractivity contribution is -0.136. The zero-order chi connectivity index (χ0) is 12.4. The van der Waals surface area contributed by atoms with Gasteiger partial charge in [-0.3, -0.25) is 4.79 Å². The van der Waals surface area contributed by atoms with Gasteiger partial charge in [0.1, 0.15) is 5.82 Å². The summed E-state index contributed by atoms with van der Waals surface area (Å²) in [7, 11) is 0. The number of halogens is 1. The molecule has 0 aliphatic heterocycles. The van der Waals surface area contributed by atoms with E-state index in [4.69, 9.17) is 16.7 Å². The van der Waals surface area contributed by atoms with Gasteiger partial charge in [0.2, 0.25) is 0 Å². The maximum absolute atomic E-state index is 10.6. The smallest absolute Gasteiger partial charge is 0.309 e. The zero-order valence-electron chi connectivity index (χ0n) is 9.20. The molecule has 1 aromatic heterocycles. The minimum atomic E-state index is -0.939. The Morgan fingerprint density at radius 1 is 1.41 bits per heavy atom. The summed E-state index contributed by atoms with van der Waals surface area (Å²) in [4.78, 5) is 17.6. The van der Waals surface area contributed by atoms with Crippen LogP contribution in [0.4, 0.5) is 0 Å². The Balaban J connectivity index is 2.34. The summed E-state index contributed by atoms with van der Waals surface area (Å²) in [5.74, 6) is -0.350. The van der Waals surface area contributed by atoms with Crippen LogP contribution in [0, 0.1) is 6.92 Å². The molecule has 0 aliphatic carbocycles. The summed E-state index contributed by atoms with van der Waals surface area (Å²) in [6.45, 7) is 1.99. The third kappa shape index (κ3) is 2.65. The van der Waals surface area contributed by atoms with Gasteiger partial charge in [0, 0.05) is 5.56 Å². The maximum Gasteiger partial charge on any atom is 0.309 e. The number of benzene rings is 1. The number of nitrogens with one attached hydrogen (secondary N) is 1. The van der Waals surface area contributed by atoms with Gasteiger partial charge in [-0.15, -0.1) is 0 Å². The first-order valence-corrected chi connectivity index (χ1v) is 5.47. The molecule has 0 unspecified atom stereocenters. The maximum atomic E-state index is 10.6. The van der Waals surface area contributed by atoms with Crippen molar-refractivity contribution >= 4 is 17.6 Å². The van der Waals surface area contributed by atoms with E-state index < -0.39 is 5.97 Å². The van der Waals surface area contributed by atoms with Crippen molar-refractivity contribution in [1.82, 2.24) is 9.97 Å². The van der Waals surface area contributed by atoms with Crippen molar-refractivity contribution < 1.29 is 9.90 Å². The normalized spacial score (nSPS) is 10.5. The van der Waals surface area contributed by atoms with Crippen molar-refractivity contribution in [3.63, 3.8) is 0 Å². The fourth-order valence-electron chi connectivity index (χ4n) is 1.50. The monoisotopic (exact) mass is 250 g/mol. The molecule has 0 radical (unpaired) electrons. The summed E-state index contributed by atoms with van der Waals surface area (Å²) >= 11 is 5.86. The molecule has 0 aliphatic rings. The van der Waals surface area contributed by atoms with Gasteiger partial charge in [-0.2, -0.15) is 0 Å². The highest BCUT2D eigenvalue weighted by Crippen LogP contribution is 2.22. The molecule has 17 heavy (non-hydrogen) atoms. The Morgan fingerprint density at radius 3 is 2.65 bits per heavy atom. The van der Waals surface area contributed by atoms with Crippen LogP contribution in [0.3, 0.4) is 0 Å². The van der Waals surface area contributed by atoms with Gasteiger partial charge in [0.25, 0.3) is 0 Å². The molecule has 0 fully saturated rings. The Kier molecular flexibility index (Phi) is 3.15. The molecule has 0 bridgehead atoms. The molecule has 2 aromatic rings. The predicted octanol–water partition coefficient (Wildman–Crippen LogP) is 2.67. The number of H-pyrrole nitrogens is 1. The van der Waals surface area contributed by atoms with E-state index in [-0.39, 0.29) is 11.6 Å². The standard InChI is InChI=1S/C12H11ClN2O2/c1-7-2-4-8(5-3-7)12-14-9(6-10(16)17)11(13)15-12/h2-5H,6H2,1H3,(H,14,15)(H,16,17). The van der Waals surface area contributed by atoms with Gasteiger partial charge < -0.3 is 10.1 Å². The zero-order valence-corrected chi connectivity index (χ0v) is 9.95. The Hall–Kier alpha value is -1.81. The average Bonchev–Trinajstić information content (AvgIpc) is 2.60. The Morgan fingerprint density at radius 2 is 2.06 bits per heavy atom. The van der Waals surface area contributed by atoms with E-state index in [2.05, 4.69) is 9.97 Å². The average molecular weight is 251 g/mol. The molecule has 0 amide bonds. The molecule has 0 saturated carbocycles. The highest BCUT2D eigenvalue weighted by atomic mass is 35.5. The van der Waals surface area contributed by atoms with Gasteiger partial charge >= 0.3 is 5.97 Å². The van der Waals surface area contributed by atoms with E-state index in [1.165, 1.54) is 0 Å². The fraction of sp³-hybridized carbons (Fsp3) is 0.167. The van der Waals surface area contributed by atoms with Crippen LogP contribution in [-0.4, -0.2) is 21.0 Å². The SMILES string of the molecule is Cc1ccc(-c2nc(Cl)c(CC(=O)O)[nH]2)cc1. The van der Waals surface area contributed by atoms with Crippen molar-refractivity contribution in [1.29, 1.82) is 0 Å². The molecule has 0 saturated heterocycles. The fourth-order valence-corrected chi connectivity index (χ4v) is 1.70. The van der Waals surface area contributed by atoms with Gasteiger partial charge in [0.15, 0.2) is 5.15 Å². The van der Waals surface area contributed by atoms with Crippen molar-refractivity contribution in [2.75, 3.05) is 0 Å². The summed E-state index contributed by atoms with van der Waals surface area (Å²) in [5, 5.41) is 8.91. The van der Waals surface area contributed by atoms with Crippen molar-refractivity contribution in [2.45, 2.75) is 13.3 Å². The third-order valence-corrected chi connectivity index (χ3v) is 2.69. The number of hydrogen-bond acceptors (Lipinski definition) is 2. The lowest BCUT2D eigenvalue weighted by Crippen LogP contribution is -2.00. The summed E-state index contributed by atoms with van der Waals surface area (Å²) in [6.07, 6.45) is -0.155. The van der Waals surface area contributed by atoms with Gasteiger partial charge in [0.05, 0.1) is 12.1 Å². The number of rotatable bonds is 3. The topological polar surface area (TPSA) is 66.0 Å². The molecule has 0 atom stereocenters. The van der Waals surface area contributed by atoms with Crippen LogP contribution in [-0.2, 0) is 11.2 Å². The summed E-state index contributed by atoms with van der Waals surface area (Å²) in [6, 6.07) is 7.75. The summed E-state index contributed by atoms with van der Waals surface area (Å²) < 4.78 is 0. The van der Waals surface area contributed by atoms with Crippen molar-refractivity contribution in [3.05, 3.63) is 40.7 Å². The molecule has 0 spiro atoms. The minimum absolute atomic E-state index is 0.155. The molecule has 2 rings (SSSR count). The molecular formula is C12H11ClN2O2. The number of carboxylic acid groups (broad SMARTS) is 1. The number of carboxylic acids is 1. The third-order valence-electron chi connectivity index (χ3n) is 2.38. The number of imidazole rings is 1. The van der Waals surface area contributed by atoms with E-state index in [0.29, 0.717) is 11.5 Å². The predicted molar refractivity (Wildman–Crippen MR) is 65.1 cm³/mol. The lowest BCUT2D eigenvalue weighted by atomic mass is 10.1. The Labute approximate surface area is 103 Å². The second-order valence-corrected chi connectivity index (χ2v) is 4.15. The van der Waals surface area contributed by atoms with Crippen LogP contribution in [0.5, 0.6) is 0 Å². The van der Waals surface area contributed by atoms with Gasteiger partial charge in [-0.25, -0.2) is 4.98 Å². The number of aliphatic carboxylic acids is 1. The number of hydrogen-bond donors (Lipinski definition) is 2. The largest absolute Gasteiger partial charge is 0.481 e. The van der Waals surface area contributed by atoms with Gasteiger partial charge in [-0.05, 0) is 6.92 Å². The Bertz CT molecular complexity index is 546. The molecule has 4 nitrogen and oxygen atoms in total. The number of aromatic amines is 1. The van der Waals surface area contributed by atoms with Crippen LogP contribution >= 0.6 is 11.6 Å². The van der Waals surface area contributed by atoms with Crippen LogP contribution in [0.15, 0.2) is 24.3 Å². The first-order chi connectivity index (χ1) is 8.06. The van der Waals surface area contributed by atoms with E-state index in [9.17, 15) is 4.79 Å². The van der Waals surface area contributed by atoms with E-state index >= 15 is 0 Å². The second-order valence-electron chi connectivity index (χ2n) is 3.79. The molecule has 2 N–H and O–H groups in total. The molecule has 1 aromatic carbocycles. The van der Waals surface area contributed by atoms with Crippen molar-refractivity contribution in [3.8, 4) is 11.4 Å². The number of aromatic nitrogens is 2. The quantitative estimate of drug-likeness (QED) is 0.880. The van der Waals surface area contributed by atoms with Crippen LogP contribution in [0.25, 0.3) is 11.4 Å².